The molecule has 0 saturated carbocycles. The van der Waals surface area contributed by atoms with Crippen LogP contribution in [0.25, 0.3) is 0 Å². The summed E-state index contributed by atoms with van der Waals surface area (Å²) < 4.78 is 12.7. The normalized spacial score (nSPS) is 23.8. The van der Waals surface area contributed by atoms with Crippen LogP contribution in [0.3, 0.4) is 0 Å². The van der Waals surface area contributed by atoms with Crippen molar-refractivity contribution in [1.29, 1.82) is 0 Å². The molecule has 8 nitrogen and oxygen atoms in total. The lowest BCUT2D eigenvalue weighted by Gasteiger charge is -2.28. The van der Waals surface area contributed by atoms with Crippen molar-refractivity contribution in [2.45, 2.75) is 32.0 Å². The molecule has 144 valence electrons. The van der Waals surface area contributed by atoms with Crippen LogP contribution in [0.2, 0.25) is 0 Å². The van der Waals surface area contributed by atoms with Gasteiger partial charge in [-0.15, -0.1) is 0 Å². The van der Waals surface area contributed by atoms with Crippen LogP contribution in [0.15, 0.2) is 24.4 Å². The van der Waals surface area contributed by atoms with Crippen LogP contribution in [0.5, 0.6) is 0 Å². The molecule has 0 spiro atoms. The number of nitrogens with two attached hydrogens (primary N) is 1. The highest BCUT2D eigenvalue weighted by atomic mass is 16.5. The average Bonchev–Trinajstić information content (AvgIpc) is 3.06. The zero-order valence-corrected chi connectivity index (χ0v) is 15.3. The Morgan fingerprint density at radius 3 is 3.04 bits per heavy atom. The number of anilines is 2. The van der Waals surface area contributed by atoms with Crippen molar-refractivity contribution in [3.8, 4) is 0 Å². The summed E-state index contributed by atoms with van der Waals surface area (Å²) in [5, 5.41) is 27.8. The van der Waals surface area contributed by atoms with Crippen molar-refractivity contribution >= 4 is 24.1 Å². The molecule has 5 N–H and O–H groups in total. The molecular formula is C18H25BN4O4. The van der Waals surface area contributed by atoms with Crippen molar-refractivity contribution < 1.29 is 19.5 Å². The molecule has 1 saturated heterocycles. The van der Waals surface area contributed by atoms with E-state index in [1.807, 2.05) is 22.9 Å². The second-order valence-corrected chi connectivity index (χ2v) is 7.28. The number of aromatic nitrogens is 2. The summed E-state index contributed by atoms with van der Waals surface area (Å²) in [6.07, 6.45) is 2.37. The van der Waals surface area contributed by atoms with Crippen LogP contribution in [-0.2, 0) is 15.8 Å². The molecule has 3 atom stereocenters. The molecule has 0 amide bonds. The Morgan fingerprint density at radius 2 is 2.26 bits per heavy atom. The topological polar surface area (TPSA) is 115 Å². The first-order valence-electron chi connectivity index (χ1n) is 9.33. The molecule has 27 heavy (non-hydrogen) atoms. The van der Waals surface area contributed by atoms with E-state index in [0.29, 0.717) is 30.5 Å². The van der Waals surface area contributed by atoms with Gasteiger partial charge in [0, 0.05) is 25.1 Å². The molecular weight excluding hydrogens is 347 g/mol. The van der Waals surface area contributed by atoms with Crippen molar-refractivity contribution in [1.82, 2.24) is 9.78 Å². The fourth-order valence-corrected chi connectivity index (χ4v) is 3.70. The van der Waals surface area contributed by atoms with Crippen LogP contribution >= 0.6 is 0 Å². The first-order valence-corrected chi connectivity index (χ1v) is 9.33. The quantitative estimate of drug-likeness (QED) is 0.455. The second-order valence-electron chi connectivity index (χ2n) is 7.28. The lowest BCUT2D eigenvalue weighted by atomic mass is 9.73. The molecule has 2 unspecified atom stereocenters. The largest absolute Gasteiger partial charge is 0.491 e. The molecule has 1 fully saturated rings. The van der Waals surface area contributed by atoms with Gasteiger partial charge in [-0.05, 0) is 41.9 Å². The smallest absolute Gasteiger partial charge is 0.423 e. The summed E-state index contributed by atoms with van der Waals surface area (Å²) in [6, 6.07) is 5.78. The van der Waals surface area contributed by atoms with E-state index in [1.165, 1.54) is 0 Å². The summed E-state index contributed by atoms with van der Waals surface area (Å²) in [5.41, 5.74) is 8.93. The minimum absolute atomic E-state index is 0.114. The predicted octanol–water partition coefficient (Wildman–Crippen LogP) is 0.434. The predicted molar refractivity (Wildman–Crippen MR) is 102 cm³/mol. The molecule has 0 aliphatic carbocycles. The molecule has 3 heterocycles. The van der Waals surface area contributed by atoms with E-state index in [1.54, 1.807) is 6.20 Å². The first kappa shape index (κ1) is 18.5. The Morgan fingerprint density at radius 1 is 1.41 bits per heavy atom. The highest BCUT2D eigenvalue weighted by Crippen LogP contribution is 2.30. The van der Waals surface area contributed by atoms with Crippen molar-refractivity contribution in [2.75, 3.05) is 25.1 Å². The van der Waals surface area contributed by atoms with E-state index in [9.17, 15) is 10.1 Å². The monoisotopic (exact) mass is 372 g/mol. The molecule has 0 radical (unpaired) electrons. The first-order chi connectivity index (χ1) is 13.0. The Balaban J connectivity index is 1.61. The maximum Gasteiger partial charge on any atom is 0.491 e. The molecule has 1 aromatic carbocycles. The fourth-order valence-electron chi connectivity index (χ4n) is 3.70. The van der Waals surface area contributed by atoms with Crippen LogP contribution in [0, 0.1) is 5.92 Å². The van der Waals surface area contributed by atoms with E-state index in [0.717, 1.165) is 36.2 Å². The molecule has 9 heteroatoms. The van der Waals surface area contributed by atoms with E-state index in [4.69, 9.17) is 15.1 Å². The lowest BCUT2D eigenvalue weighted by molar-refractivity contribution is 0.0237. The molecule has 2 aromatic rings. The van der Waals surface area contributed by atoms with Crippen LogP contribution < -0.4 is 16.5 Å². The molecule has 4 rings (SSSR count). The third-order valence-electron chi connectivity index (χ3n) is 5.40. The maximum atomic E-state index is 9.99. The van der Waals surface area contributed by atoms with Crippen molar-refractivity contribution in [2.24, 2.45) is 11.7 Å². The number of benzene rings is 1. The third-order valence-corrected chi connectivity index (χ3v) is 5.40. The van der Waals surface area contributed by atoms with Gasteiger partial charge in [0.05, 0.1) is 18.2 Å². The fraction of sp³-hybridized carbons (Fsp3) is 0.500. The van der Waals surface area contributed by atoms with Crippen molar-refractivity contribution in [3.05, 3.63) is 35.5 Å². The van der Waals surface area contributed by atoms with Gasteiger partial charge in [-0.3, -0.25) is 4.68 Å². The van der Waals surface area contributed by atoms with E-state index < -0.39 is 13.3 Å². The number of rotatable bonds is 4. The zero-order chi connectivity index (χ0) is 19.0. The van der Waals surface area contributed by atoms with Gasteiger partial charge in [-0.1, -0.05) is 13.0 Å². The van der Waals surface area contributed by atoms with Gasteiger partial charge in [0.25, 0.3) is 0 Å². The number of fused-ring (bicyclic) bond motifs is 1. The lowest BCUT2D eigenvalue weighted by Crippen LogP contribution is -2.41. The highest BCUT2D eigenvalue weighted by Gasteiger charge is 2.27. The molecule has 2 aliphatic rings. The summed E-state index contributed by atoms with van der Waals surface area (Å²) in [4.78, 5) is 0. The Bertz CT molecular complexity index is 813. The van der Waals surface area contributed by atoms with Gasteiger partial charge in [0.1, 0.15) is 6.23 Å². The van der Waals surface area contributed by atoms with Gasteiger partial charge in [0.2, 0.25) is 0 Å². The van der Waals surface area contributed by atoms with E-state index in [2.05, 4.69) is 17.3 Å². The van der Waals surface area contributed by atoms with Gasteiger partial charge in [0.15, 0.2) is 5.82 Å². The van der Waals surface area contributed by atoms with Gasteiger partial charge >= 0.3 is 7.12 Å². The number of hydrogen-bond acceptors (Lipinski definition) is 7. The molecule has 0 bridgehead atoms. The number of aliphatic hydroxyl groups is 1. The minimum atomic E-state index is -1.13. The second kappa shape index (κ2) is 7.61. The zero-order valence-electron chi connectivity index (χ0n) is 15.3. The average molecular weight is 372 g/mol. The molecule has 1 aromatic heterocycles. The van der Waals surface area contributed by atoms with Crippen LogP contribution in [0.1, 0.15) is 36.7 Å². The number of ether oxygens (including phenoxy) is 1. The third kappa shape index (κ3) is 3.74. The van der Waals surface area contributed by atoms with Gasteiger partial charge in [-0.2, -0.15) is 5.10 Å². The highest BCUT2D eigenvalue weighted by molar-refractivity contribution is 6.60. The summed E-state index contributed by atoms with van der Waals surface area (Å²) in [6.45, 7) is 4.02. The number of nitrogens with zero attached hydrogens (tertiary/aromatic N) is 2. The van der Waals surface area contributed by atoms with Crippen molar-refractivity contribution in [3.63, 3.8) is 0 Å². The van der Waals surface area contributed by atoms with E-state index in [-0.39, 0.29) is 6.04 Å². The van der Waals surface area contributed by atoms with Crippen LogP contribution in [-0.4, -0.2) is 46.9 Å². The van der Waals surface area contributed by atoms with E-state index >= 15 is 0 Å². The maximum absolute atomic E-state index is 9.99. The summed E-state index contributed by atoms with van der Waals surface area (Å²) in [5.74, 6) is 0.954. The molecule has 2 aliphatic heterocycles. The van der Waals surface area contributed by atoms with Gasteiger partial charge in [-0.25, -0.2) is 0 Å². The summed E-state index contributed by atoms with van der Waals surface area (Å²) >= 11 is 0. The Hall–Kier alpha value is -1.91. The SMILES string of the molecule is C[C@H]1CCOCC1n1cc(C(N)O)c(Nc2ccc3c(c2)CCOB3O)n1. The standard InChI is InChI=1S/C18H25BN4O4/c1-11-4-6-26-10-16(11)23-9-14(17(20)24)18(22-23)21-13-2-3-15-12(8-13)5-7-27-19(15)25/h2-3,8-9,11,16-17,24-25H,4-7,10,20H2,1H3,(H,21,22)/t11-,16?,17?/m0/s1. The van der Waals surface area contributed by atoms with Gasteiger partial charge < -0.3 is 30.6 Å². The number of nitrogens with one attached hydrogen (secondary N) is 1. The minimum Gasteiger partial charge on any atom is -0.423 e. The van der Waals surface area contributed by atoms with Crippen LogP contribution in [0.4, 0.5) is 11.5 Å². The Kier molecular flexibility index (Phi) is 5.20. The number of hydrogen-bond donors (Lipinski definition) is 4. The Labute approximate surface area is 158 Å². The summed E-state index contributed by atoms with van der Waals surface area (Å²) in [7, 11) is -0.878. The number of aliphatic hydroxyl groups excluding tert-OH is 1.